The van der Waals surface area contributed by atoms with Gasteiger partial charge in [-0.3, -0.25) is 4.79 Å². The Morgan fingerprint density at radius 2 is 1.67 bits per heavy atom. The lowest BCUT2D eigenvalue weighted by atomic mass is 10.2. The summed E-state index contributed by atoms with van der Waals surface area (Å²) in [4.78, 5) is 28.0. The molecule has 0 aromatic heterocycles. The molecule has 1 atom stereocenters. The molecule has 24 heavy (non-hydrogen) atoms. The Labute approximate surface area is 139 Å². The Morgan fingerprint density at radius 1 is 1.04 bits per heavy atom. The van der Waals surface area contributed by atoms with Crippen LogP contribution in [0.4, 0.5) is 5.69 Å². The van der Waals surface area contributed by atoms with E-state index in [0.717, 1.165) is 0 Å². The van der Waals surface area contributed by atoms with Gasteiger partial charge in [-0.2, -0.15) is 0 Å². The number of carbonyl (C=O) groups is 2. The largest absolute Gasteiger partial charge is 0.425 e. The summed E-state index contributed by atoms with van der Waals surface area (Å²) in [6.45, 7) is 1.55. The molecule has 0 radical (unpaired) electrons. The third kappa shape index (κ3) is 4.84. The number of nitrogens with two attached hydrogens (primary N) is 2. The smallest absolute Gasteiger partial charge is 0.333 e. The molecule has 2 aromatic rings. The van der Waals surface area contributed by atoms with E-state index in [0.29, 0.717) is 17.0 Å². The van der Waals surface area contributed by atoms with Crippen molar-refractivity contribution in [3.05, 3.63) is 60.2 Å². The topological polar surface area (TPSA) is 120 Å². The van der Waals surface area contributed by atoms with Gasteiger partial charge in [0.15, 0.2) is 5.96 Å². The van der Waals surface area contributed by atoms with Gasteiger partial charge in [-0.05, 0) is 43.3 Å². The number of nitrogens with zero attached hydrogens (tertiary/aromatic N) is 1. The Bertz CT molecular complexity index is 738. The minimum atomic E-state index is -0.796. The molecule has 0 heterocycles. The second-order valence-corrected chi connectivity index (χ2v) is 5.01. The second kappa shape index (κ2) is 7.77. The summed E-state index contributed by atoms with van der Waals surface area (Å²) in [5.74, 6) is -0.592. The normalized spacial score (nSPS) is 11.2. The highest BCUT2D eigenvalue weighted by molar-refractivity contribution is 5.97. The van der Waals surface area contributed by atoms with Crippen molar-refractivity contribution in [3.8, 4) is 5.75 Å². The first-order valence-corrected chi connectivity index (χ1v) is 7.23. The first-order chi connectivity index (χ1) is 11.5. The maximum atomic E-state index is 12.1. The average Bonchev–Trinajstić information content (AvgIpc) is 2.55. The quantitative estimate of drug-likeness (QED) is 0.331. The van der Waals surface area contributed by atoms with Gasteiger partial charge >= 0.3 is 5.97 Å². The highest BCUT2D eigenvalue weighted by Crippen LogP contribution is 2.13. The number of amides is 1. The van der Waals surface area contributed by atoms with Crippen molar-refractivity contribution in [3.63, 3.8) is 0 Å². The number of guanidine groups is 1. The van der Waals surface area contributed by atoms with Gasteiger partial charge in [-0.25, -0.2) is 9.79 Å². The Balaban J connectivity index is 1.95. The summed E-state index contributed by atoms with van der Waals surface area (Å²) < 4.78 is 5.18. The molecule has 0 aliphatic rings. The van der Waals surface area contributed by atoms with E-state index < -0.39 is 17.9 Å². The summed E-state index contributed by atoms with van der Waals surface area (Å²) in [6, 6.07) is 14.2. The van der Waals surface area contributed by atoms with Gasteiger partial charge in [0.1, 0.15) is 11.8 Å². The fourth-order valence-electron chi connectivity index (χ4n) is 1.87. The Kier molecular flexibility index (Phi) is 5.51. The van der Waals surface area contributed by atoms with Crippen LogP contribution in [0.2, 0.25) is 0 Å². The maximum Gasteiger partial charge on any atom is 0.333 e. The van der Waals surface area contributed by atoms with Gasteiger partial charge in [0, 0.05) is 5.56 Å². The van der Waals surface area contributed by atoms with Crippen LogP contribution >= 0.6 is 0 Å². The van der Waals surface area contributed by atoms with Crippen LogP contribution in [-0.4, -0.2) is 23.9 Å². The molecule has 0 spiro atoms. The van der Waals surface area contributed by atoms with Crippen LogP contribution in [0.25, 0.3) is 0 Å². The standard InChI is InChI=1S/C17H18N4O3/c1-11(16(23)24-14-5-3-2-4-6-14)20-15(22)12-7-9-13(10-8-12)21-17(18)19/h2-11H,1H3,(H,20,22)(H4,18,19,21)/t11-/m0/s1. The lowest BCUT2D eigenvalue weighted by molar-refractivity contribution is -0.136. The molecule has 7 nitrogen and oxygen atoms in total. The highest BCUT2D eigenvalue weighted by Gasteiger charge is 2.18. The molecule has 0 aliphatic carbocycles. The molecule has 0 bridgehead atoms. The monoisotopic (exact) mass is 326 g/mol. The molecular weight excluding hydrogens is 308 g/mol. The third-order valence-electron chi connectivity index (χ3n) is 3.05. The van der Waals surface area contributed by atoms with Gasteiger partial charge in [0.05, 0.1) is 5.69 Å². The summed E-state index contributed by atoms with van der Waals surface area (Å²) in [6.07, 6.45) is 0. The summed E-state index contributed by atoms with van der Waals surface area (Å²) in [7, 11) is 0. The van der Waals surface area contributed by atoms with E-state index in [4.69, 9.17) is 16.2 Å². The Hall–Kier alpha value is -3.35. The van der Waals surface area contributed by atoms with Crippen LogP contribution in [0.5, 0.6) is 5.75 Å². The van der Waals surface area contributed by atoms with E-state index in [2.05, 4.69) is 10.3 Å². The number of para-hydroxylation sites is 1. The van der Waals surface area contributed by atoms with Crippen LogP contribution < -0.4 is 21.5 Å². The number of nitrogens with one attached hydrogen (secondary N) is 1. The van der Waals surface area contributed by atoms with Crippen LogP contribution in [0.15, 0.2) is 59.6 Å². The molecule has 0 saturated heterocycles. The first kappa shape index (κ1) is 17.0. The van der Waals surface area contributed by atoms with Crippen molar-refractivity contribution in [2.24, 2.45) is 16.5 Å². The number of rotatable bonds is 5. The molecule has 124 valence electrons. The lowest BCUT2D eigenvalue weighted by Crippen LogP contribution is -2.40. The van der Waals surface area contributed by atoms with Crippen molar-refractivity contribution < 1.29 is 14.3 Å². The van der Waals surface area contributed by atoms with Gasteiger partial charge in [-0.15, -0.1) is 0 Å². The molecule has 0 saturated carbocycles. The lowest BCUT2D eigenvalue weighted by Gasteiger charge is -2.13. The third-order valence-corrected chi connectivity index (χ3v) is 3.05. The number of benzene rings is 2. The van der Waals surface area contributed by atoms with Crippen molar-refractivity contribution in [1.82, 2.24) is 5.32 Å². The summed E-state index contributed by atoms with van der Waals surface area (Å²) in [5.41, 5.74) is 11.5. The molecule has 2 aromatic carbocycles. The van der Waals surface area contributed by atoms with Crippen molar-refractivity contribution in [1.29, 1.82) is 0 Å². The van der Waals surface area contributed by atoms with Crippen LogP contribution in [-0.2, 0) is 4.79 Å². The van der Waals surface area contributed by atoms with E-state index in [1.807, 2.05) is 6.07 Å². The zero-order valence-electron chi connectivity index (χ0n) is 13.1. The number of hydrogen-bond donors (Lipinski definition) is 3. The van der Waals surface area contributed by atoms with Gasteiger partial charge in [-0.1, -0.05) is 18.2 Å². The molecule has 7 heteroatoms. The van der Waals surface area contributed by atoms with E-state index in [-0.39, 0.29) is 5.96 Å². The number of ether oxygens (including phenoxy) is 1. The average molecular weight is 326 g/mol. The predicted octanol–water partition coefficient (Wildman–Crippen LogP) is 1.32. The zero-order chi connectivity index (χ0) is 17.5. The summed E-state index contributed by atoms with van der Waals surface area (Å²) >= 11 is 0. The van der Waals surface area contributed by atoms with Crippen LogP contribution in [0, 0.1) is 0 Å². The molecule has 0 aliphatic heterocycles. The SMILES string of the molecule is C[C@H](NC(=O)c1ccc(N=C(N)N)cc1)C(=O)Oc1ccccc1. The second-order valence-electron chi connectivity index (χ2n) is 5.01. The van der Waals surface area contributed by atoms with Gasteiger partial charge < -0.3 is 21.5 Å². The molecule has 0 unspecified atom stereocenters. The summed E-state index contributed by atoms with van der Waals surface area (Å²) in [5, 5.41) is 2.58. The molecular formula is C17H18N4O3. The number of hydrogen-bond acceptors (Lipinski definition) is 4. The van der Waals surface area contributed by atoms with E-state index in [1.54, 1.807) is 55.5 Å². The van der Waals surface area contributed by atoms with E-state index >= 15 is 0 Å². The fraction of sp³-hybridized carbons (Fsp3) is 0.118. The van der Waals surface area contributed by atoms with Gasteiger partial charge in [0.2, 0.25) is 0 Å². The van der Waals surface area contributed by atoms with Crippen molar-refractivity contribution in [2.75, 3.05) is 0 Å². The minimum Gasteiger partial charge on any atom is -0.425 e. The predicted molar refractivity (Wildman–Crippen MR) is 90.9 cm³/mol. The molecule has 5 N–H and O–H groups in total. The van der Waals surface area contributed by atoms with Crippen molar-refractivity contribution in [2.45, 2.75) is 13.0 Å². The number of aliphatic imine (C=N–C) groups is 1. The minimum absolute atomic E-state index is 0.0653. The van der Waals surface area contributed by atoms with Crippen LogP contribution in [0.1, 0.15) is 17.3 Å². The first-order valence-electron chi connectivity index (χ1n) is 7.23. The molecule has 0 fully saturated rings. The van der Waals surface area contributed by atoms with Crippen molar-refractivity contribution >= 4 is 23.5 Å². The zero-order valence-corrected chi connectivity index (χ0v) is 13.1. The highest BCUT2D eigenvalue weighted by atomic mass is 16.5. The fourth-order valence-corrected chi connectivity index (χ4v) is 1.87. The molecule has 2 rings (SSSR count). The van der Waals surface area contributed by atoms with E-state index in [1.165, 1.54) is 0 Å². The number of esters is 1. The van der Waals surface area contributed by atoms with Gasteiger partial charge in [0.25, 0.3) is 5.91 Å². The van der Waals surface area contributed by atoms with E-state index in [9.17, 15) is 9.59 Å². The molecule has 1 amide bonds. The number of carbonyl (C=O) groups excluding carboxylic acids is 2. The van der Waals surface area contributed by atoms with Crippen LogP contribution in [0.3, 0.4) is 0 Å². The Morgan fingerprint density at radius 3 is 2.25 bits per heavy atom. The maximum absolute atomic E-state index is 12.1.